The predicted molar refractivity (Wildman–Crippen MR) is 86.6 cm³/mol. The number of rotatable bonds is 4. The molecular formula is C17H24N2S. The van der Waals surface area contributed by atoms with Crippen molar-refractivity contribution in [3.05, 3.63) is 22.5 Å². The molecule has 1 aliphatic rings. The van der Waals surface area contributed by atoms with Crippen molar-refractivity contribution in [3.63, 3.8) is 0 Å². The van der Waals surface area contributed by atoms with Crippen LogP contribution in [0.1, 0.15) is 74.2 Å². The molecule has 0 amide bonds. The number of fused-ring (bicyclic) bond motifs is 1. The van der Waals surface area contributed by atoms with Crippen LogP contribution in [0.3, 0.4) is 0 Å². The normalized spacial score (nSPS) is 16.9. The Balaban J connectivity index is 1.96. The molecule has 108 valence electrons. The zero-order chi connectivity index (χ0) is 13.9. The Labute approximate surface area is 125 Å². The molecule has 0 aliphatic heterocycles. The molecule has 1 fully saturated rings. The minimum atomic E-state index is 0.780. The van der Waals surface area contributed by atoms with Crippen LogP contribution in [0.15, 0.2) is 6.07 Å². The maximum absolute atomic E-state index is 4.69. The molecule has 1 aliphatic carbocycles. The van der Waals surface area contributed by atoms with Crippen LogP contribution in [-0.4, -0.2) is 9.97 Å². The molecule has 3 rings (SSSR count). The van der Waals surface area contributed by atoms with E-state index in [1.54, 1.807) is 4.88 Å². The van der Waals surface area contributed by atoms with Crippen LogP contribution in [0, 0.1) is 6.92 Å². The van der Waals surface area contributed by atoms with E-state index in [2.05, 4.69) is 18.0 Å². The summed E-state index contributed by atoms with van der Waals surface area (Å²) in [7, 11) is 0. The summed E-state index contributed by atoms with van der Waals surface area (Å²) >= 11 is 1.91. The molecule has 20 heavy (non-hydrogen) atoms. The van der Waals surface area contributed by atoms with E-state index in [0.29, 0.717) is 0 Å². The lowest BCUT2D eigenvalue weighted by Gasteiger charge is -2.19. The van der Waals surface area contributed by atoms with Crippen molar-refractivity contribution in [2.24, 2.45) is 0 Å². The Hall–Kier alpha value is -0.960. The van der Waals surface area contributed by atoms with Crippen LogP contribution in [0.25, 0.3) is 10.2 Å². The maximum Gasteiger partial charge on any atom is 0.127 e. The van der Waals surface area contributed by atoms with Gasteiger partial charge in [0, 0.05) is 10.3 Å². The number of unbranched alkanes of at least 4 members (excludes halogenated alkanes) is 1. The van der Waals surface area contributed by atoms with Crippen molar-refractivity contribution in [2.45, 2.75) is 71.1 Å². The first-order valence-corrected chi connectivity index (χ1v) is 8.86. The number of nitrogens with zero attached hydrogens (tertiary/aromatic N) is 2. The topological polar surface area (TPSA) is 25.8 Å². The molecule has 2 aromatic rings. The lowest BCUT2D eigenvalue weighted by atomic mass is 9.88. The molecular weight excluding hydrogens is 264 g/mol. The van der Waals surface area contributed by atoms with E-state index in [0.717, 1.165) is 18.2 Å². The van der Waals surface area contributed by atoms with Crippen molar-refractivity contribution in [1.29, 1.82) is 0 Å². The number of hydrogen-bond donors (Lipinski definition) is 0. The fourth-order valence-electron chi connectivity index (χ4n) is 3.24. The summed E-state index contributed by atoms with van der Waals surface area (Å²) in [6.45, 7) is 4.27. The van der Waals surface area contributed by atoms with Gasteiger partial charge in [-0.15, -0.1) is 11.3 Å². The second-order valence-electron chi connectivity index (χ2n) is 6.02. The van der Waals surface area contributed by atoms with Crippen molar-refractivity contribution in [2.75, 3.05) is 0 Å². The summed E-state index contributed by atoms with van der Waals surface area (Å²) in [4.78, 5) is 12.1. The van der Waals surface area contributed by atoms with Gasteiger partial charge in [0.25, 0.3) is 0 Å². The van der Waals surface area contributed by atoms with Crippen molar-refractivity contribution >= 4 is 21.6 Å². The molecule has 0 unspecified atom stereocenters. The van der Waals surface area contributed by atoms with Gasteiger partial charge in [0.05, 0.1) is 5.69 Å². The summed E-state index contributed by atoms with van der Waals surface area (Å²) in [5, 5.41) is 1.33. The Morgan fingerprint density at radius 3 is 2.75 bits per heavy atom. The van der Waals surface area contributed by atoms with Crippen LogP contribution in [0.5, 0.6) is 0 Å². The van der Waals surface area contributed by atoms with Gasteiger partial charge in [-0.05, 0) is 44.6 Å². The number of hydrogen-bond acceptors (Lipinski definition) is 3. The first kappa shape index (κ1) is 14.0. The molecule has 1 saturated carbocycles. The van der Waals surface area contributed by atoms with Crippen LogP contribution in [0.4, 0.5) is 0 Å². The lowest BCUT2D eigenvalue weighted by molar-refractivity contribution is 0.448. The zero-order valence-electron chi connectivity index (χ0n) is 12.6. The molecule has 3 heteroatoms. The van der Waals surface area contributed by atoms with Gasteiger partial charge in [-0.1, -0.05) is 32.6 Å². The fourth-order valence-corrected chi connectivity index (χ4v) is 4.51. The first-order valence-electron chi connectivity index (χ1n) is 8.05. The van der Waals surface area contributed by atoms with E-state index in [1.807, 2.05) is 18.3 Å². The second kappa shape index (κ2) is 6.21. The Kier molecular flexibility index (Phi) is 4.35. The SMILES string of the molecule is CCCCc1nc(C)nc2sc(C3CCCCC3)cc12. The standard InChI is InChI=1S/C17H24N2S/c1-3-4-10-15-14-11-16(13-8-6-5-7-9-13)20-17(14)19-12(2)18-15/h11,13H,3-10H2,1-2H3. The molecule has 0 atom stereocenters. The highest BCUT2D eigenvalue weighted by atomic mass is 32.1. The number of thiophene rings is 1. The summed E-state index contributed by atoms with van der Waals surface area (Å²) in [6, 6.07) is 2.40. The minimum absolute atomic E-state index is 0.780. The smallest absolute Gasteiger partial charge is 0.127 e. The molecule has 0 saturated heterocycles. The predicted octanol–water partition coefficient (Wildman–Crippen LogP) is 5.39. The summed E-state index contributed by atoms with van der Waals surface area (Å²) in [5.74, 6) is 1.71. The van der Waals surface area contributed by atoms with Crippen molar-refractivity contribution in [1.82, 2.24) is 9.97 Å². The molecule has 2 aromatic heterocycles. The second-order valence-corrected chi connectivity index (χ2v) is 7.09. The monoisotopic (exact) mass is 288 g/mol. The van der Waals surface area contributed by atoms with E-state index in [4.69, 9.17) is 4.98 Å². The number of aryl methyl sites for hydroxylation is 2. The molecule has 0 N–H and O–H groups in total. The fraction of sp³-hybridized carbons (Fsp3) is 0.647. The van der Waals surface area contributed by atoms with Crippen LogP contribution >= 0.6 is 11.3 Å². The van der Waals surface area contributed by atoms with Gasteiger partial charge in [0.2, 0.25) is 0 Å². The van der Waals surface area contributed by atoms with Gasteiger partial charge >= 0.3 is 0 Å². The van der Waals surface area contributed by atoms with Gasteiger partial charge in [0.15, 0.2) is 0 Å². The highest BCUT2D eigenvalue weighted by molar-refractivity contribution is 7.18. The van der Waals surface area contributed by atoms with Crippen LogP contribution in [0.2, 0.25) is 0 Å². The first-order chi connectivity index (χ1) is 9.78. The van der Waals surface area contributed by atoms with Gasteiger partial charge in [-0.25, -0.2) is 9.97 Å². The van der Waals surface area contributed by atoms with E-state index in [1.165, 1.54) is 60.9 Å². The van der Waals surface area contributed by atoms with Gasteiger partial charge in [-0.3, -0.25) is 0 Å². The maximum atomic E-state index is 4.69. The third kappa shape index (κ3) is 2.88. The van der Waals surface area contributed by atoms with Crippen molar-refractivity contribution < 1.29 is 0 Å². The zero-order valence-corrected chi connectivity index (χ0v) is 13.4. The largest absolute Gasteiger partial charge is 0.238 e. The quantitative estimate of drug-likeness (QED) is 0.753. The van der Waals surface area contributed by atoms with Gasteiger partial charge < -0.3 is 0 Å². The van der Waals surface area contributed by atoms with Gasteiger partial charge in [0.1, 0.15) is 10.7 Å². The third-order valence-electron chi connectivity index (χ3n) is 4.38. The molecule has 2 heterocycles. The molecule has 2 nitrogen and oxygen atoms in total. The van der Waals surface area contributed by atoms with E-state index >= 15 is 0 Å². The average molecular weight is 288 g/mol. The van der Waals surface area contributed by atoms with Crippen LogP contribution < -0.4 is 0 Å². The Morgan fingerprint density at radius 1 is 1.20 bits per heavy atom. The Morgan fingerprint density at radius 2 is 2.00 bits per heavy atom. The molecule has 0 spiro atoms. The molecule has 0 bridgehead atoms. The molecule has 0 radical (unpaired) electrons. The third-order valence-corrected chi connectivity index (χ3v) is 5.57. The summed E-state index contributed by atoms with van der Waals surface area (Å²) in [5.41, 5.74) is 1.27. The highest BCUT2D eigenvalue weighted by Gasteiger charge is 2.19. The Bertz CT molecular complexity index is 582. The summed E-state index contributed by atoms with van der Waals surface area (Å²) in [6.07, 6.45) is 10.5. The number of aromatic nitrogens is 2. The lowest BCUT2D eigenvalue weighted by Crippen LogP contribution is -2.02. The van der Waals surface area contributed by atoms with Crippen LogP contribution in [-0.2, 0) is 6.42 Å². The highest BCUT2D eigenvalue weighted by Crippen LogP contribution is 2.39. The van der Waals surface area contributed by atoms with Gasteiger partial charge in [-0.2, -0.15) is 0 Å². The van der Waals surface area contributed by atoms with E-state index in [-0.39, 0.29) is 0 Å². The summed E-state index contributed by atoms with van der Waals surface area (Å²) < 4.78 is 0. The average Bonchev–Trinajstić information content (AvgIpc) is 2.89. The minimum Gasteiger partial charge on any atom is -0.238 e. The molecule has 0 aromatic carbocycles. The van der Waals surface area contributed by atoms with E-state index in [9.17, 15) is 0 Å². The van der Waals surface area contributed by atoms with Crippen molar-refractivity contribution in [3.8, 4) is 0 Å². The van der Waals surface area contributed by atoms with E-state index < -0.39 is 0 Å².